The fourth-order valence-corrected chi connectivity index (χ4v) is 2.76. The topological polar surface area (TPSA) is 76.7 Å². The Morgan fingerprint density at radius 3 is 2.74 bits per heavy atom. The van der Waals surface area contributed by atoms with Crippen LogP contribution in [0.2, 0.25) is 0 Å². The van der Waals surface area contributed by atoms with Gasteiger partial charge in [-0.15, -0.1) is 15.3 Å². The highest BCUT2D eigenvalue weighted by molar-refractivity contribution is 5.99. The number of aromatic nitrogens is 4. The number of ether oxygens (including phenoxy) is 1. The lowest BCUT2D eigenvalue weighted by Gasteiger charge is -2.06. The van der Waals surface area contributed by atoms with E-state index in [0.717, 1.165) is 47.2 Å². The maximum atomic E-state index is 5.67. The SMILES string of the molecule is CCCCOc1ccc(/C=N\Nc2nn3cnnc3c3ccccc23)cc1. The second-order valence-electron chi connectivity index (χ2n) is 6.13. The van der Waals surface area contributed by atoms with Crippen molar-refractivity contribution in [2.24, 2.45) is 5.10 Å². The molecule has 7 nitrogen and oxygen atoms in total. The zero-order valence-corrected chi connectivity index (χ0v) is 15.0. The number of unbranched alkanes of at least 4 members (excludes halogenated alkanes) is 1. The largest absolute Gasteiger partial charge is 0.494 e. The minimum Gasteiger partial charge on any atom is -0.494 e. The van der Waals surface area contributed by atoms with Gasteiger partial charge >= 0.3 is 0 Å². The van der Waals surface area contributed by atoms with Gasteiger partial charge in [0.2, 0.25) is 0 Å². The van der Waals surface area contributed by atoms with Crippen LogP contribution < -0.4 is 10.2 Å². The molecule has 0 aliphatic heterocycles. The molecule has 0 radical (unpaired) electrons. The molecule has 2 aromatic heterocycles. The normalized spacial score (nSPS) is 11.4. The first-order valence-electron chi connectivity index (χ1n) is 8.96. The van der Waals surface area contributed by atoms with E-state index in [-0.39, 0.29) is 0 Å². The highest BCUT2D eigenvalue weighted by atomic mass is 16.5. The van der Waals surface area contributed by atoms with Crippen molar-refractivity contribution in [3.8, 4) is 5.75 Å². The Kier molecular flexibility index (Phi) is 4.91. The van der Waals surface area contributed by atoms with Crippen molar-refractivity contribution in [3.63, 3.8) is 0 Å². The summed E-state index contributed by atoms with van der Waals surface area (Å²) in [5, 5.41) is 18.8. The average molecular weight is 360 g/mol. The van der Waals surface area contributed by atoms with Gasteiger partial charge < -0.3 is 4.74 Å². The Morgan fingerprint density at radius 2 is 1.93 bits per heavy atom. The second kappa shape index (κ2) is 7.82. The third kappa shape index (κ3) is 3.72. The van der Waals surface area contributed by atoms with E-state index in [1.165, 1.54) is 0 Å². The third-order valence-corrected chi connectivity index (χ3v) is 4.19. The Hall–Kier alpha value is -3.48. The molecule has 0 aliphatic carbocycles. The minimum absolute atomic E-state index is 0.647. The number of nitrogens with zero attached hydrogens (tertiary/aromatic N) is 5. The maximum absolute atomic E-state index is 5.67. The predicted octanol–water partition coefficient (Wildman–Crippen LogP) is 3.90. The summed E-state index contributed by atoms with van der Waals surface area (Å²) in [7, 11) is 0. The lowest BCUT2D eigenvalue weighted by Crippen LogP contribution is -2.00. The van der Waals surface area contributed by atoms with Crippen molar-refractivity contribution >= 4 is 28.5 Å². The van der Waals surface area contributed by atoms with E-state index in [1.807, 2.05) is 48.5 Å². The van der Waals surface area contributed by atoms with Crippen molar-refractivity contribution in [3.05, 3.63) is 60.4 Å². The van der Waals surface area contributed by atoms with Gasteiger partial charge in [-0.1, -0.05) is 37.6 Å². The van der Waals surface area contributed by atoms with Crippen LogP contribution in [0.3, 0.4) is 0 Å². The number of hydrazone groups is 1. The summed E-state index contributed by atoms with van der Waals surface area (Å²) in [6, 6.07) is 15.8. The smallest absolute Gasteiger partial charge is 0.185 e. The van der Waals surface area contributed by atoms with Gasteiger partial charge in [0.15, 0.2) is 11.5 Å². The number of nitrogens with one attached hydrogen (secondary N) is 1. The van der Waals surface area contributed by atoms with E-state index in [2.05, 4.69) is 32.7 Å². The Bertz CT molecular complexity index is 1070. The molecule has 0 saturated carbocycles. The molecule has 0 unspecified atom stereocenters. The third-order valence-electron chi connectivity index (χ3n) is 4.19. The fourth-order valence-electron chi connectivity index (χ4n) is 2.76. The lowest BCUT2D eigenvalue weighted by molar-refractivity contribution is 0.309. The number of benzene rings is 2. The van der Waals surface area contributed by atoms with Crippen molar-refractivity contribution in [1.82, 2.24) is 19.8 Å². The number of rotatable bonds is 7. The van der Waals surface area contributed by atoms with E-state index in [1.54, 1.807) is 17.1 Å². The first-order chi connectivity index (χ1) is 13.3. The summed E-state index contributed by atoms with van der Waals surface area (Å²) < 4.78 is 7.31. The summed E-state index contributed by atoms with van der Waals surface area (Å²) >= 11 is 0. The van der Waals surface area contributed by atoms with Crippen molar-refractivity contribution < 1.29 is 4.74 Å². The molecule has 0 fully saturated rings. The Morgan fingerprint density at radius 1 is 1.11 bits per heavy atom. The van der Waals surface area contributed by atoms with Crippen LogP contribution in [0.4, 0.5) is 5.82 Å². The number of hydrogen-bond donors (Lipinski definition) is 1. The highest BCUT2D eigenvalue weighted by Crippen LogP contribution is 2.23. The Balaban J connectivity index is 1.51. The van der Waals surface area contributed by atoms with Gasteiger partial charge in [0, 0.05) is 10.8 Å². The lowest BCUT2D eigenvalue weighted by atomic mass is 10.2. The predicted molar refractivity (Wildman–Crippen MR) is 106 cm³/mol. The van der Waals surface area contributed by atoms with Crippen molar-refractivity contribution in [2.45, 2.75) is 19.8 Å². The van der Waals surface area contributed by atoms with E-state index in [0.29, 0.717) is 5.82 Å². The summed E-state index contributed by atoms with van der Waals surface area (Å²) in [5.41, 5.74) is 4.72. The molecule has 27 heavy (non-hydrogen) atoms. The number of anilines is 1. The van der Waals surface area contributed by atoms with E-state index in [9.17, 15) is 0 Å². The molecule has 0 aliphatic rings. The average Bonchev–Trinajstić information content (AvgIpc) is 3.18. The summed E-state index contributed by atoms with van der Waals surface area (Å²) in [6.07, 6.45) is 5.52. The molecule has 4 aromatic rings. The molecular formula is C20H20N6O. The number of fused-ring (bicyclic) bond motifs is 3. The van der Waals surface area contributed by atoms with Crippen molar-refractivity contribution in [2.75, 3.05) is 12.0 Å². The summed E-state index contributed by atoms with van der Waals surface area (Å²) in [5.74, 6) is 1.52. The van der Waals surface area contributed by atoms with E-state index < -0.39 is 0 Å². The minimum atomic E-state index is 0.647. The van der Waals surface area contributed by atoms with Crippen LogP contribution in [0, 0.1) is 0 Å². The highest BCUT2D eigenvalue weighted by Gasteiger charge is 2.08. The fraction of sp³-hybridized carbons (Fsp3) is 0.200. The van der Waals surface area contributed by atoms with Crippen LogP contribution in [-0.4, -0.2) is 32.6 Å². The van der Waals surface area contributed by atoms with Crippen LogP contribution >= 0.6 is 0 Å². The first-order valence-corrected chi connectivity index (χ1v) is 8.96. The molecule has 4 rings (SSSR count). The van der Waals surface area contributed by atoms with Gasteiger partial charge in [-0.25, -0.2) is 0 Å². The van der Waals surface area contributed by atoms with Gasteiger partial charge in [-0.2, -0.15) is 9.62 Å². The van der Waals surface area contributed by atoms with Gasteiger partial charge in [0.1, 0.15) is 12.1 Å². The first kappa shape index (κ1) is 17.0. The van der Waals surface area contributed by atoms with Gasteiger partial charge in [0.25, 0.3) is 0 Å². The Labute approximate surface area is 156 Å². The van der Waals surface area contributed by atoms with Crippen LogP contribution in [-0.2, 0) is 0 Å². The summed E-state index contributed by atoms with van der Waals surface area (Å²) in [4.78, 5) is 0. The second-order valence-corrected chi connectivity index (χ2v) is 6.13. The standard InChI is InChI=1S/C20H20N6O/c1-2-3-12-27-16-10-8-15(9-11-16)13-21-23-19-17-6-4-5-7-18(17)20-24-22-14-26(20)25-19/h4-11,13-14H,2-3,12H2,1H3,(H,23,25)/b21-13-. The summed E-state index contributed by atoms with van der Waals surface area (Å²) in [6.45, 7) is 2.89. The molecular weight excluding hydrogens is 340 g/mol. The maximum Gasteiger partial charge on any atom is 0.185 e. The molecule has 0 amide bonds. The van der Waals surface area contributed by atoms with Gasteiger partial charge in [-0.3, -0.25) is 5.43 Å². The molecule has 7 heteroatoms. The molecule has 2 aromatic carbocycles. The van der Waals surface area contributed by atoms with Crippen LogP contribution in [0.5, 0.6) is 5.75 Å². The van der Waals surface area contributed by atoms with E-state index >= 15 is 0 Å². The monoisotopic (exact) mass is 360 g/mol. The molecule has 0 spiro atoms. The zero-order chi connectivity index (χ0) is 18.5. The van der Waals surface area contributed by atoms with Crippen LogP contribution in [0.25, 0.3) is 16.4 Å². The van der Waals surface area contributed by atoms with Gasteiger partial charge in [-0.05, 0) is 36.2 Å². The number of hydrogen-bond acceptors (Lipinski definition) is 6. The molecule has 0 saturated heterocycles. The zero-order valence-electron chi connectivity index (χ0n) is 15.0. The molecule has 1 N–H and O–H groups in total. The molecule has 0 atom stereocenters. The molecule has 0 bridgehead atoms. The van der Waals surface area contributed by atoms with Crippen LogP contribution in [0.1, 0.15) is 25.3 Å². The molecule has 2 heterocycles. The van der Waals surface area contributed by atoms with Gasteiger partial charge in [0.05, 0.1) is 12.8 Å². The van der Waals surface area contributed by atoms with E-state index in [4.69, 9.17) is 4.74 Å². The van der Waals surface area contributed by atoms with Crippen molar-refractivity contribution in [1.29, 1.82) is 0 Å². The molecule has 136 valence electrons. The quantitative estimate of drug-likeness (QED) is 0.307. The van der Waals surface area contributed by atoms with Crippen LogP contribution in [0.15, 0.2) is 60.0 Å².